The third-order valence-corrected chi connectivity index (χ3v) is 3.93. The SMILES string of the molecule is CC(C)C(NC(=O)CCCCCN)C(=O)NCCc1ccccc1. The third-order valence-electron chi connectivity index (χ3n) is 3.93. The molecule has 1 unspecified atom stereocenters. The lowest BCUT2D eigenvalue weighted by Gasteiger charge is -2.21. The molecular formula is C19H31N3O2. The van der Waals surface area contributed by atoms with Crippen LogP contribution in [0.4, 0.5) is 0 Å². The van der Waals surface area contributed by atoms with Crippen LogP contribution in [-0.2, 0) is 16.0 Å². The van der Waals surface area contributed by atoms with Crippen LogP contribution in [0.5, 0.6) is 0 Å². The van der Waals surface area contributed by atoms with Crippen LogP contribution in [0.25, 0.3) is 0 Å². The maximum atomic E-state index is 12.3. The molecule has 0 saturated heterocycles. The number of carbonyl (C=O) groups excluding carboxylic acids is 2. The van der Waals surface area contributed by atoms with Gasteiger partial charge in [0.1, 0.15) is 6.04 Å². The second-order valence-corrected chi connectivity index (χ2v) is 6.42. The highest BCUT2D eigenvalue weighted by Crippen LogP contribution is 2.05. The van der Waals surface area contributed by atoms with Crippen LogP contribution in [0.2, 0.25) is 0 Å². The molecule has 1 atom stereocenters. The van der Waals surface area contributed by atoms with Crippen LogP contribution >= 0.6 is 0 Å². The van der Waals surface area contributed by atoms with Crippen molar-refractivity contribution in [3.8, 4) is 0 Å². The number of carbonyl (C=O) groups is 2. The largest absolute Gasteiger partial charge is 0.354 e. The summed E-state index contributed by atoms with van der Waals surface area (Å²) in [7, 11) is 0. The van der Waals surface area contributed by atoms with Crippen molar-refractivity contribution in [2.24, 2.45) is 11.7 Å². The fraction of sp³-hybridized carbons (Fsp3) is 0.579. The highest BCUT2D eigenvalue weighted by Gasteiger charge is 2.23. The smallest absolute Gasteiger partial charge is 0.242 e. The molecule has 4 N–H and O–H groups in total. The van der Waals surface area contributed by atoms with E-state index in [-0.39, 0.29) is 17.7 Å². The zero-order valence-corrected chi connectivity index (χ0v) is 14.9. The van der Waals surface area contributed by atoms with Gasteiger partial charge < -0.3 is 16.4 Å². The normalized spacial score (nSPS) is 12.0. The molecule has 0 aliphatic carbocycles. The average Bonchev–Trinajstić information content (AvgIpc) is 2.57. The molecule has 0 spiro atoms. The van der Waals surface area contributed by atoms with E-state index >= 15 is 0 Å². The average molecular weight is 333 g/mol. The van der Waals surface area contributed by atoms with Crippen LogP contribution < -0.4 is 16.4 Å². The summed E-state index contributed by atoms with van der Waals surface area (Å²) in [6.45, 7) is 5.10. The number of nitrogens with one attached hydrogen (secondary N) is 2. The molecule has 1 rings (SSSR count). The molecule has 1 aromatic rings. The van der Waals surface area contributed by atoms with Gasteiger partial charge in [0, 0.05) is 13.0 Å². The van der Waals surface area contributed by atoms with Crippen LogP contribution in [0.3, 0.4) is 0 Å². The zero-order valence-electron chi connectivity index (χ0n) is 14.9. The summed E-state index contributed by atoms with van der Waals surface area (Å²) in [5, 5.41) is 5.78. The van der Waals surface area contributed by atoms with Gasteiger partial charge in [0.15, 0.2) is 0 Å². The maximum Gasteiger partial charge on any atom is 0.242 e. The summed E-state index contributed by atoms with van der Waals surface area (Å²) < 4.78 is 0. The van der Waals surface area contributed by atoms with Crippen molar-refractivity contribution >= 4 is 11.8 Å². The predicted octanol–water partition coefficient (Wildman–Crippen LogP) is 2.01. The molecule has 0 radical (unpaired) electrons. The topological polar surface area (TPSA) is 84.2 Å². The fourth-order valence-electron chi connectivity index (χ4n) is 2.47. The Morgan fingerprint density at radius 2 is 1.79 bits per heavy atom. The first-order chi connectivity index (χ1) is 11.5. The summed E-state index contributed by atoms with van der Waals surface area (Å²) in [5.41, 5.74) is 6.62. The Morgan fingerprint density at radius 3 is 2.42 bits per heavy atom. The second-order valence-electron chi connectivity index (χ2n) is 6.42. The zero-order chi connectivity index (χ0) is 17.8. The highest BCUT2D eigenvalue weighted by atomic mass is 16.2. The standard InChI is InChI=1S/C19H31N3O2/c1-15(2)18(22-17(23)11-7-4-8-13-20)19(24)21-14-12-16-9-5-3-6-10-16/h3,5-6,9-10,15,18H,4,7-8,11-14,20H2,1-2H3,(H,21,24)(H,22,23). The Labute approximate surface area is 145 Å². The van der Waals surface area contributed by atoms with E-state index in [9.17, 15) is 9.59 Å². The Hall–Kier alpha value is -1.88. The third kappa shape index (κ3) is 8.11. The molecule has 0 aliphatic rings. The van der Waals surface area contributed by atoms with Crippen LogP contribution in [0.15, 0.2) is 30.3 Å². The molecule has 0 saturated carbocycles. The Kier molecular flexibility index (Phi) is 9.77. The molecule has 5 nitrogen and oxygen atoms in total. The van der Waals surface area contributed by atoms with E-state index in [0.29, 0.717) is 19.5 Å². The van der Waals surface area contributed by atoms with E-state index in [2.05, 4.69) is 10.6 Å². The first kappa shape index (κ1) is 20.2. The molecule has 0 aliphatic heterocycles. The number of benzene rings is 1. The number of rotatable bonds is 11. The van der Waals surface area contributed by atoms with Gasteiger partial charge >= 0.3 is 0 Å². The number of unbranched alkanes of at least 4 members (excludes halogenated alkanes) is 2. The number of amides is 2. The van der Waals surface area contributed by atoms with Crippen molar-refractivity contribution in [2.45, 2.75) is 52.0 Å². The van der Waals surface area contributed by atoms with Crippen molar-refractivity contribution < 1.29 is 9.59 Å². The summed E-state index contributed by atoms with van der Waals surface area (Å²) in [6, 6.07) is 9.53. The number of hydrogen-bond donors (Lipinski definition) is 3. The van der Waals surface area contributed by atoms with Crippen LogP contribution in [0.1, 0.15) is 45.1 Å². The summed E-state index contributed by atoms with van der Waals surface area (Å²) in [4.78, 5) is 24.3. The quantitative estimate of drug-likeness (QED) is 0.542. The summed E-state index contributed by atoms with van der Waals surface area (Å²) in [6.07, 6.45) is 3.91. The van der Waals surface area contributed by atoms with Gasteiger partial charge in [-0.25, -0.2) is 0 Å². The molecule has 0 bridgehead atoms. The van der Waals surface area contributed by atoms with Crippen molar-refractivity contribution in [3.05, 3.63) is 35.9 Å². The lowest BCUT2D eigenvalue weighted by Crippen LogP contribution is -2.50. The molecule has 24 heavy (non-hydrogen) atoms. The number of nitrogens with two attached hydrogens (primary N) is 1. The van der Waals surface area contributed by atoms with Crippen LogP contribution in [-0.4, -0.2) is 30.9 Å². The summed E-state index contributed by atoms with van der Waals surface area (Å²) >= 11 is 0. The Bertz CT molecular complexity index is 489. The number of hydrogen-bond acceptors (Lipinski definition) is 3. The predicted molar refractivity (Wildman–Crippen MR) is 97.4 cm³/mol. The van der Waals surface area contributed by atoms with Crippen molar-refractivity contribution in [3.63, 3.8) is 0 Å². The molecule has 2 amide bonds. The van der Waals surface area contributed by atoms with Gasteiger partial charge in [-0.05, 0) is 37.3 Å². The van der Waals surface area contributed by atoms with Gasteiger partial charge in [-0.15, -0.1) is 0 Å². The monoisotopic (exact) mass is 333 g/mol. The minimum absolute atomic E-state index is 0.0507. The van der Waals surface area contributed by atoms with E-state index < -0.39 is 6.04 Å². The summed E-state index contributed by atoms with van der Waals surface area (Å²) in [5.74, 6) is -0.130. The first-order valence-corrected chi connectivity index (χ1v) is 8.85. The van der Waals surface area contributed by atoms with Gasteiger partial charge in [-0.2, -0.15) is 0 Å². The molecule has 1 aromatic carbocycles. The van der Waals surface area contributed by atoms with E-state index in [4.69, 9.17) is 5.73 Å². The van der Waals surface area contributed by atoms with Gasteiger partial charge in [-0.1, -0.05) is 50.6 Å². The van der Waals surface area contributed by atoms with Gasteiger partial charge in [0.25, 0.3) is 0 Å². The van der Waals surface area contributed by atoms with E-state index in [1.54, 1.807) is 0 Å². The lowest BCUT2D eigenvalue weighted by atomic mass is 10.0. The molecule has 0 heterocycles. The van der Waals surface area contributed by atoms with E-state index in [0.717, 1.165) is 25.7 Å². The molecule has 0 aromatic heterocycles. The fourth-order valence-corrected chi connectivity index (χ4v) is 2.47. The Morgan fingerprint density at radius 1 is 1.08 bits per heavy atom. The van der Waals surface area contributed by atoms with Gasteiger partial charge in [0.2, 0.25) is 11.8 Å². The molecule has 5 heteroatoms. The lowest BCUT2D eigenvalue weighted by molar-refractivity contribution is -0.130. The van der Waals surface area contributed by atoms with Crippen LogP contribution in [0, 0.1) is 5.92 Å². The second kappa shape index (κ2) is 11.6. The van der Waals surface area contributed by atoms with Gasteiger partial charge in [-0.3, -0.25) is 9.59 Å². The maximum absolute atomic E-state index is 12.3. The van der Waals surface area contributed by atoms with E-state index in [1.165, 1.54) is 5.56 Å². The van der Waals surface area contributed by atoms with Gasteiger partial charge in [0.05, 0.1) is 0 Å². The highest BCUT2D eigenvalue weighted by molar-refractivity contribution is 5.87. The van der Waals surface area contributed by atoms with Crippen molar-refractivity contribution in [1.29, 1.82) is 0 Å². The molecule has 0 fully saturated rings. The Balaban J connectivity index is 2.37. The van der Waals surface area contributed by atoms with E-state index in [1.807, 2.05) is 44.2 Å². The van der Waals surface area contributed by atoms with Crippen molar-refractivity contribution in [2.75, 3.05) is 13.1 Å². The first-order valence-electron chi connectivity index (χ1n) is 8.85. The van der Waals surface area contributed by atoms with Crippen molar-refractivity contribution in [1.82, 2.24) is 10.6 Å². The molecular weight excluding hydrogens is 302 g/mol. The molecule has 134 valence electrons. The minimum Gasteiger partial charge on any atom is -0.354 e. The minimum atomic E-state index is -0.484.